The highest BCUT2D eigenvalue weighted by Crippen LogP contribution is 2.33. The minimum absolute atomic E-state index is 0.0376. The molecule has 0 spiro atoms. The van der Waals surface area contributed by atoms with Gasteiger partial charge < -0.3 is 20.5 Å². The van der Waals surface area contributed by atoms with Gasteiger partial charge in [-0.05, 0) is 23.7 Å². The molecule has 8 rings (SSSR count). The van der Waals surface area contributed by atoms with Gasteiger partial charge in [0.25, 0.3) is 0 Å². The van der Waals surface area contributed by atoms with Crippen molar-refractivity contribution in [3.8, 4) is 23.1 Å². The van der Waals surface area contributed by atoms with E-state index in [0.717, 1.165) is 46.1 Å². The van der Waals surface area contributed by atoms with Gasteiger partial charge in [0.05, 0.1) is 58.9 Å². The Morgan fingerprint density at radius 3 is 1.77 bits per heavy atom. The van der Waals surface area contributed by atoms with E-state index < -0.39 is 32.9 Å². The minimum Gasteiger partial charge on any atom is -0.494 e. The minimum atomic E-state index is -0.995. The molecule has 0 unspecified atom stereocenters. The number of rotatable bonds is 8. The van der Waals surface area contributed by atoms with Gasteiger partial charge in [-0.15, -0.1) is 0 Å². The fourth-order valence-electron chi connectivity index (χ4n) is 5.23. The number of nitrogen functional groups attached to an aromatic ring is 1. The van der Waals surface area contributed by atoms with Crippen molar-refractivity contribution >= 4 is 62.1 Å². The monoisotopic (exact) mass is 796 g/mol. The summed E-state index contributed by atoms with van der Waals surface area (Å²) in [4.78, 5) is 36.1. The van der Waals surface area contributed by atoms with Gasteiger partial charge in [-0.25, -0.2) is 19.3 Å². The van der Waals surface area contributed by atoms with Crippen LogP contribution in [0.1, 0.15) is 0 Å². The number of benzene rings is 4. The van der Waals surface area contributed by atoms with Gasteiger partial charge in [-0.3, -0.25) is 20.2 Å². The Labute approximate surface area is 324 Å². The maximum atomic E-state index is 13.8. The second kappa shape index (κ2) is 17.1. The van der Waals surface area contributed by atoms with E-state index in [0.29, 0.717) is 11.6 Å². The first-order valence-corrected chi connectivity index (χ1v) is 16.6. The predicted molar refractivity (Wildman–Crippen MR) is 205 cm³/mol. The average molecular weight is 797 g/mol. The zero-order valence-electron chi connectivity index (χ0n) is 29.5. The summed E-state index contributed by atoms with van der Waals surface area (Å²) in [6.45, 7) is 0. The number of halogens is 3. The first-order chi connectivity index (χ1) is 27.5. The van der Waals surface area contributed by atoms with Crippen LogP contribution in [0.3, 0.4) is 0 Å². The molecular formula is C36H27ClF2N12O6. The summed E-state index contributed by atoms with van der Waals surface area (Å²) in [5.74, 6) is -0.474. The molecule has 288 valence electrons. The number of nitro benzene ring substituents is 2. The number of nitro groups is 2. The SMILES string of the molecule is COc1cc(F)c([N+](=O)[O-])cc1N.COc1cc(F)c([N+](=O)[O-])cc1Nc1nccc(-n2ncc3ccccc32)n1.Clc1nccc(-n2ncc3ccccc32)n1. The lowest BCUT2D eigenvalue weighted by Gasteiger charge is -2.11. The van der Waals surface area contributed by atoms with Crippen LogP contribution in [0.25, 0.3) is 33.4 Å². The van der Waals surface area contributed by atoms with Crippen molar-refractivity contribution in [3.05, 3.63) is 147 Å². The van der Waals surface area contributed by atoms with E-state index in [1.54, 1.807) is 40.1 Å². The number of methoxy groups -OCH3 is 2. The lowest BCUT2D eigenvalue weighted by Crippen LogP contribution is -2.05. The van der Waals surface area contributed by atoms with Gasteiger partial charge in [0.2, 0.25) is 22.9 Å². The van der Waals surface area contributed by atoms with Crippen molar-refractivity contribution in [3.63, 3.8) is 0 Å². The van der Waals surface area contributed by atoms with Crippen molar-refractivity contribution < 1.29 is 28.1 Å². The van der Waals surface area contributed by atoms with Crippen LogP contribution >= 0.6 is 11.6 Å². The molecule has 18 nitrogen and oxygen atoms in total. The van der Waals surface area contributed by atoms with Gasteiger partial charge in [0.15, 0.2) is 11.6 Å². The molecule has 0 fully saturated rings. The Kier molecular flexibility index (Phi) is 11.6. The van der Waals surface area contributed by atoms with Crippen molar-refractivity contribution in [2.75, 3.05) is 25.3 Å². The van der Waals surface area contributed by atoms with Crippen LogP contribution in [0.5, 0.6) is 11.5 Å². The Bertz CT molecular complexity index is 2750. The molecule has 0 aliphatic rings. The van der Waals surface area contributed by atoms with Crippen molar-refractivity contribution in [1.82, 2.24) is 39.5 Å². The third-order valence-electron chi connectivity index (χ3n) is 7.85. The van der Waals surface area contributed by atoms with Gasteiger partial charge in [-0.1, -0.05) is 36.4 Å². The number of nitrogens with two attached hydrogens (primary N) is 1. The van der Waals surface area contributed by atoms with Crippen LogP contribution in [-0.2, 0) is 0 Å². The maximum Gasteiger partial charge on any atom is 0.307 e. The van der Waals surface area contributed by atoms with E-state index in [1.807, 2.05) is 48.5 Å². The molecule has 0 radical (unpaired) electrons. The Balaban J connectivity index is 0.000000160. The van der Waals surface area contributed by atoms with Crippen LogP contribution < -0.4 is 20.5 Å². The predicted octanol–water partition coefficient (Wildman–Crippen LogP) is 7.41. The topological polar surface area (TPSA) is 230 Å². The molecule has 21 heteroatoms. The number of para-hydroxylation sites is 2. The highest BCUT2D eigenvalue weighted by atomic mass is 35.5. The van der Waals surface area contributed by atoms with E-state index in [1.165, 1.54) is 20.4 Å². The molecule has 4 aromatic heterocycles. The Morgan fingerprint density at radius 2 is 1.23 bits per heavy atom. The van der Waals surface area contributed by atoms with Gasteiger partial charge in [0, 0.05) is 59.6 Å². The summed E-state index contributed by atoms with van der Waals surface area (Å²) in [6, 6.07) is 22.8. The number of hydrogen-bond donors (Lipinski definition) is 2. The van der Waals surface area contributed by atoms with E-state index in [4.69, 9.17) is 22.1 Å². The summed E-state index contributed by atoms with van der Waals surface area (Å²) in [5.41, 5.74) is 6.07. The van der Waals surface area contributed by atoms with Crippen LogP contribution in [0.2, 0.25) is 5.28 Å². The van der Waals surface area contributed by atoms with Gasteiger partial charge in [0.1, 0.15) is 11.5 Å². The second-order valence-corrected chi connectivity index (χ2v) is 11.7. The average Bonchev–Trinajstić information content (AvgIpc) is 3.85. The molecule has 0 atom stereocenters. The smallest absolute Gasteiger partial charge is 0.307 e. The molecule has 0 amide bonds. The van der Waals surface area contributed by atoms with E-state index in [2.05, 4.69) is 40.2 Å². The third-order valence-corrected chi connectivity index (χ3v) is 8.03. The van der Waals surface area contributed by atoms with Crippen LogP contribution in [-0.4, -0.2) is 63.6 Å². The van der Waals surface area contributed by atoms with Crippen LogP contribution in [0.4, 0.5) is 37.5 Å². The molecule has 0 aliphatic carbocycles. The van der Waals surface area contributed by atoms with Crippen molar-refractivity contribution in [2.45, 2.75) is 0 Å². The number of ether oxygens (including phenoxy) is 2. The number of anilines is 3. The zero-order valence-corrected chi connectivity index (χ0v) is 30.3. The molecule has 4 heterocycles. The highest BCUT2D eigenvalue weighted by molar-refractivity contribution is 6.28. The number of aromatic nitrogens is 8. The summed E-state index contributed by atoms with van der Waals surface area (Å²) in [7, 11) is 2.63. The zero-order chi connectivity index (χ0) is 40.6. The standard InChI is InChI=1S/C18H13FN6O3.C11H7ClN4.C7H7FN2O3/c1-28-16-8-12(19)15(25(26)27)9-13(16)22-18-20-7-6-17(23-18)24-14-5-3-2-4-11(14)10-21-24;12-11-13-6-5-10(15-11)16-9-4-2-1-3-8(9)7-14-16;1-13-7-2-4(8)6(10(11)12)3-5(7)9/h2-10H,1H3,(H,20,22,23);1-7H;2-3H,9H2,1H3. The molecule has 0 bridgehead atoms. The molecular weight excluding hydrogens is 770 g/mol. The molecule has 57 heavy (non-hydrogen) atoms. The van der Waals surface area contributed by atoms with Crippen LogP contribution in [0, 0.1) is 31.9 Å². The lowest BCUT2D eigenvalue weighted by atomic mass is 10.2. The highest BCUT2D eigenvalue weighted by Gasteiger charge is 2.20. The summed E-state index contributed by atoms with van der Waals surface area (Å²) < 4.78 is 39.9. The Morgan fingerprint density at radius 1 is 0.719 bits per heavy atom. The molecule has 8 aromatic rings. The van der Waals surface area contributed by atoms with E-state index >= 15 is 0 Å². The summed E-state index contributed by atoms with van der Waals surface area (Å²) in [6.07, 6.45) is 6.65. The number of hydrogen-bond acceptors (Lipinski definition) is 14. The maximum absolute atomic E-state index is 13.8. The Hall–Kier alpha value is -7.87. The molecule has 0 saturated carbocycles. The quantitative estimate of drug-likeness (QED) is 0.0660. The molecule has 0 saturated heterocycles. The van der Waals surface area contributed by atoms with Crippen molar-refractivity contribution in [2.24, 2.45) is 0 Å². The first kappa shape index (κ1) is 38.8. The fraction of sp³-hybridized carbons (Fsp3) is 0.0556. The molecule has 3 N–H and O–H groups in total. The summed E-state index contributed by atoms with van der Waals surface area (Å²) in [5, 5.41) is 34.9. The van der Waals surface area contributed by atoms with Gasteiger partial charge in [-0.2, -0.15) is 28.9 Å². The summed E-state index contributed by atoms with van der Waals surface area (Å²) >= 11 is 5.75. The second-order valence-electron chi connectivity index (χ2n) is 11.3. The largest absolute Gasteiger partial charge is 0.494 e. The van der Waals surface area contributed by atoms with Crippen molar-refractivity contribution in [1.29, 1.82) is 0 Å². The number of nitrogens with one attached hydrogen (secondary N) is 1. The lowest BCUT2D eigenvalue weighted by molar-refractivity contribution is -0.387. The number of fused-ring (bicyclic) bond motifs is 2. The fourth-order valence-corrected chi connectivity index (χ4v) is 5.37. The normalized spacial score (nSPS) is 10.5. The van der Waals surface area contributed by atoms with Crippen LogP contribution in [0.15, 0.2) is 110 Å². The molecule has 0 aliphatic heterocycles. The van der Waals surface area contributed by atoms with E-state index in [-0.39, 0.29) is 34.1 Å². The van der Waals surface area contributed by atoms with E-state index in [9.17, 15) is 29.0 Å². The number of nitrogens with zero attached hydrogens (tertiary/aromatic N) is 10. The molecule has 4 aromatic carbocycles. The third kappa shape index (κ3) is 8.76. The first-order valence-electron chi connectivity index (χ1n) is 16.2. The van der Waals surface area contributed by atoms with Gasteiger partial charge >= 0.3 is 11.4 Å².